The molecule has 0 fully saturated rings. The molecule has 0 spiro atoms. The number of hydrogen-bond acceptors (Lipinski definition) is 4. The van der Waals surface area contributed by atoms with Gasteiger partial charge in [-0.25, -0.2) is 12.8 Å². The Balaban J connectivity index is 2.30. The maximum absolute atomic E-state index is 13.0. The van der Waals surface area contributed by atoms with E-state index in [4.69, 9.17) is 5.26 Å². The zero-order valence-electron chi connectivity index (χ0n) is 13.4. The molecule has 1 amide bonds. The summed E-state index contributed by atoms with van der Waals surface area (Å²) < 4.78 is 40.2. The number of amides is 1. The van der Waals surface area contributed by atoms with E-state index < -0.39 is 21.7 Å². The van der Waals surface area contributed by atoms with E-state index in [1.807, 2.05) is 6.07 Å². The fourth-order valence-corrected chi connectivity index (χ4v) is 3.18. The van der Waals surface area contributed by atoms with Crippen LogP contribution in [0, 0.1) is 17.1 Å². The molecule has 0 aliphatic rings. The molecular formula is C17H16FN3O3S. The molecule has 0 radical (unpaired) electrons. The van der Waals surface area contributed by atoms with E-state index in [-0.39, 0.29) is 29.1 Å². The SMILES string of the molecule is CN(CCC#N)C(=O)c1ccccc1NS(=O)(=O)c1ccc(F)cc1. The highest BCUT2D eigenvalue weighted by Crippen LogP contribution is 2.21. The van der Waals surface area contributed by atoms with Gasteiger partial charge in [0.1, 0.15) is 5.82 Å². The molecule has 1 N–H and O–H groups in total. The lowest BCUT2D eigenvalue weighted by Gasteiger charge is -2.18. The first-order valence-electron chi connectivity index (χ1n) is 7.35. The Morgan fingerprint density at radius 1 is 1.20 bits per heavy atom. The van der Waals surface area contributed by atoms with Gasteiger partial charge < -0.3 is 4.90 Å². The average Bonchev–Trinajstić information content (AvgIpc) is 2.59. The van der Waals surface area contributed by atoms with Crippen LogP contribution in [-0.2, 0) is 10.0 Å². The number of rotatable bonds is 6. The summed E-state index contributed by atoms with van der Waals surface area (Å²) in [6.07, 6.45) is 0.172. The quantitative estimate of drug-likeness (QED) is 0.856. The highest BCUT2D eigenvalue weighted by molar-refractivity contribution is 7.92. The molecule has 8 heteroatoms. The smallest absolute Gasteiger partial charge is 0.261 e. The van der Waals surface area contributed by atoms with Crippen molar-refractivity contribution in [1.82, 2.24) is 4.90 Å². The Morgan fingerprint density at radius 2 is 1.84 bits per heavy atom. The molecule has 2 aromatic rings. The Hall–Kier alpha value is -2.92. The molecule has 130 valence electrons. The second-order valence-electron chi connectivity index (χ2n) is 5.24. The topological polar surface area (TPSA) is 90.3 Å². The number of carbonyl (C=O) groups is 1. The molecule has 0 atom stereocenters. The summed E-state index contributed by atoms with van der Waals surface area (Å²) in [6.45, 7) is 0.231. The maximum Gasteiger partial charge on any atom is 0.261 e. The van der Waals surface area contributed by atoms with Crippen molar-refractivity contribution < 1.29 is 17.6 Å². The molecule has 2 rings (SSSR count). The van der Waals surface area contributed by atoms with E-state index >= 15 is 0 Å². The van der Waals surface area contributed by atoms with Gasteiger partial charge in [0.05, 0.1) is 28.6 Å². The summed E-state index contributed by atoms with van der Waals surface area (Å²) in [5.41, 5.74) is 0.272. The van der Waals surface area contributed by atoms with E-state index in [1.54, 1.807) is 12.1 Å². The molecule has 0 heterocycles. The molecule has 0 aromatic heterocycles. The van der Waals surface area contributed by atoms with Gasteiger partial charge >= 0.3 is 0 Å². The van der Waals surface area contributed by atoms with Crippen molar-refractivity contribution >= 4 is 21.6 Å². The molecule has 0 saturated heterocycles. The number of sulfonamides is 1. The van der Waals surface area contributed by atoms with Crippen molar-refractivity contribution in [2.75, 3.05) is 18.3 Å². The van der Waals surface area contributed by atoms with Crippen LogP contribution in [0.5, 0.6) is 0 Å². The van der Waals surface area contributed by atoms with Crippen LogP contribution in [0.1, 0.15) is 16.8 Å². The maximum atomic E-state index is 13.0. The van der Waals surface area contributed by atoms with E-state index in [9.17, 15) is 17.6 Å². The lowest BCUT2D eigenvalue weighted by Crippen LogP contribution is -2.28. The van der Waals surface area contributed by atoms with Crippen LogP contribution in [0.2, 0.25) is 0 Å². The Bertz CT molecular complexity index is 905. The van der Waals surface area contributed by atoms with Crippen molar-refractivity contribution in [1.29, 1.82) is 5.26 Å². The van der Waals surface area contributed by atoms with Gasteiger partial charge in [0.25, 0.3) is 15.9 Å². The van der Waals surface area contributed by atoms with E-state index in [2.05, 4.69) is 4.72 Å². The monoisotopic (exact) mass is 361 g/mol. The summed E-state index contributed by atoms with van der Waals surface area (Å²) in [4.78, 5) is 13.7. The largest absolute Gasteiger partial charge is 0.341 e. The van der Waals surface area contributed by atoms with Crippen LogP contribution in [0.3, 0.4) is 0 Å². The first-order valence-corrected chi connectivity index (χ1v) is 8.83. The second kappa shape index (κ2) is 7.77. The summed E-state index contributed by atoms with van der Waals surface area (Å²) in [6, 6.07) is 12.5. The highest BCUT2D eigenvalue weighted by atomic mass is 32.2. The van der Waals surface area contributed by atoms with Gasteiger partial charge in [0.2, 0.25) is 0 Å². The third-order valence-corrected chi connectivity index (χ3v) is 4.81. The van der Waals surface area contributed by atoms with E-state index in [0.717, 1.165) is 24.3 Å². The molecule has 0 bridgehead atoms. The molecule has 2 aromatic carbocycles. The highest BCUT2D eigenvalue weighted by Gasteiger charge is 2.20. The average molecular weight is 361 g/mol. The molecule has 0 saturated carbocycles. The molecule has 6 nitrogen and oxygen atoms in total. The minimum absolute atomic E-state index is 0.112. The molecule has 0 unspecified atom stereocenters. The number of nitrogens with one attached hydrogen (secondary N) is 1. The summed E-state index contributed by atoms with van der Waals surface area (Å²) in [7, 11) is -2.44. The van der Waals surface area contributed by atoms with Crippen LogP contribution in [-0.4, -0.2) is 32.8 Å². The fraction of sp³-hybridized carbons (Fsp3) is 0.176. The first-order chi connectivity index (χ1) is 11.8. The van der Waals surface area contributed by atoms with Gasteiger partial charge in [0, 0.05) is 13.6 Å². The number of halogens is 1. The predicted octanol–water partition coefficient (Wildman–Crippen LogP) is 2.61. The molecule has 25 heavy (non-hydrogen) atoms. The number of nitriles is 1. The van der Waals surface area contributed by atoms with Crippen molar-refractivity contribution in [3.63, 3.8) is 0 Å². The molecule has 0 aliphatic heterocycles. The zero-order chi connectivity index (χ0) is 18.4. The number of anilines is 1. The fourth-order valence-electron chi connectivity index (χ4n) is 2.10. The lowest BCUT2D eigenvalue weighted by molar-refractivity contribution is 0.0799. The van der Waals surface area contributed by atoms with Gasteiger partial charge in [-0.2, -0.15) is 5.26 Å². The number of nitrogens with zero attached hydrogens (tertiary/aromatic N) is 2. The number of carbonyl (C=O) groups excluding carboxylic acids is 1. The van der Waals surface area contributed by atoms with E-state index in [0.29, 0.717) is 0 Å². The van der Waals surface area contributed by atoms with Crippen LogP contribution < -0.4 is 4.72 Å². The van der Waals surface area contributed by atoms with Gasteiger partial charge in [-0.15, -0.1) is 0 Å². The molecular weight excluding hydrogens is 345 g/mol. The first kappa shape index (κ1) is 18.4. The minimum Gasteiger partial charge on any atom is -0.341 e. The Morgan fingerprint density at radius 3 is 2.48 bits per heavy atom. The predicted molar refractivity (Wildman–Crippen MR) is 90.8 cm³/mol. The van der Waals surface area contributed by atoms with Crippen molar-refractivity contribution in [2.24, 2.45) is 0 Å². The van der Waals surface area contributed by atoms with Gasteiger partial charge in [0.15, 0.2) is 0 Å². The zero-order valence-corrected chi connectivity index (χ0v) is 14.3. The second-order valence-corrected chi connectivity index (χ2v) is 6.92. The summed E-state index contributed by atoms with van der Waals surface area (Å²) in [5, 5.41) is 8.61. The standard InChI is InChI=1S/C17H16FN3O3S/c1-21(12-4-11-19)17(22)15-5-2-3-6-16(15)20-25(23,24)14-9-7-13(18)8-10-14/h2-3,5-10,20H,4,12H2,1H3. The van der Waals surface area contributed by atoms with Crippen LogP contribution in [0.4, 0.5) is 10.1 Å². The third-order valence-electron chi connectivity index (χ3n) is 3.43. The third kappa shape index (κ3) is 4.55. The Labute approximate surface area is 145 Å². The van der Waals surface area contributed by atoms with Crippen LogP contribution >= 0.6 is 0 Å². The van der Waals surface area contributed by atoms with Crippen molar-refractivity contribution in [2.45, 2.75) is 11.3 Å². The van der Waals surface area contributed by atoms with Crippen molar-refractivity contribution in [3.8, 4) is 6.07 Å². The van der Waals surface area contributed by atoms with Gasteiger partial charge in [-0.1, -0.05) is 12.1 Å². The summed E-state index contributed by atoms with van der Waals surface area (Å²) >= 11 is 0. The molecule has 0 aliphatic carbocycles. The van der Waals surface area contributed by atoms with Crippen molar-refractivity contribution in [3.05, 3.63) is 59.9 Å². The minimum atomic E-state index is -3.97. The van der Waals surface area contributed by atoms with Gasteiger partial charge in [-0.05, 0) is 36.4 Å². The van der Waals surface area contributed by atoms with Crippen LogP contribution in [0.25, 0.3) is 0 Å². The number of benzene rings is 2. The summed E-state index contributed by atoms with van der Waals surface area (Å²) in [5.74, 6) is -0.957. The van der Waals surface area contributed by atoms with Crippen LogP contribution in [0.15, 0.2) is 53.4 Å². The lowest BCUT2D eigenvalue weighted by atomic mass is 10.1. The normalized spacial score (nSPS) is 10.8. The Kier molecular flexibility index (Phi) is 5.72. The number of para-hydroxylation sites is 1. The van der Waals surface area contributed by atoms with Gasteiger partial charge in [-0.3, -0.25) is 9.52 Å². The van der Waals surface area contributed by atoms with E-state index in [1.165, 1.54) is 24.1 Å². The number of hydrogen-bond donors (Lipinski definition) is 1.